The van der Waals surface area contributed by atoms with Crippen LogP contribution in [0.3, 0.4) is 0 Å². The standard InChI is InChI=1S/C17H21N3O3/c1-12-18-17(23-19-12)14-5-8-16(21)20(11-14)10-9-13-3-6-15(22-2)7-4-13/h3-4,6-7,14H,5,8-11H2,1-2H3/t14-/m0/s1. The van der Waals surface area contributed by atoms with E-state index in [1.807, 2.05) is 36.1 Å². The highest BCUT2D eigenvalue weighted by Gasteiger charge is 2.29. The van der Waals surface area contributed by atoms with Gasteiger partial charge in [0.1, 0.15) is 5.75 Å². The van der Waals surface area contributed by atoms with E-state index in [1.165, 1.54) is 5.56 Å². The van der Waals surface area contributed by atoms with Crippen molar-refractivity contribution < 1.29 is 14.1 Å². The zero-order chi connectivity index (χ0) is 16.2. The first-order chi connectivity index (χ1) is 11.2. The molecular formula is C17H21N3O3. The predicted molar refractivity (Wildman–Crippen MR) is 84.3 cm³/mol. The molecule has 122 valence electrons. The van der Waals surface area contributed by atoms with Gasteiger partial charge in [-0.05, 0) is 37.5 Å². The van der Waals surface area contributed by atoms with Gasteiger partial charge in [-0.3, -0.25) is 4.79 Å². The number of piperidine rings is 1. The Labute approximate surface area is 135 Å². The molecule has 1 aromatic heterocycles. The number of carbonyl (C=O) groups excluding carboxylic acids is 1. The van der Waals surface area contributed by atoms with Crippen molar-refractivity contribution in [2.45, 2.75) is 32.1 Å². The molecule has 6 nitrogen and oxygen atoms in total. The SMILES string of the molecule is COc1ccc(CCN2C[C@@H](c3nc(C)no3)CCC2=O)cc1. The molecule has 1 atom stereocenters. The Morgan fingerprint density at radius 1 is 1.35 bits per heavy atom. The van der Waals surface area contributed by atoms with E-state index >= 15 is 0 Å². The normalized spacial score (nSPS) is 18.3. The van der Waals surface area contributed by atoms with Crippen LogP contribution in [-0.4, -0.2) is 41.1 Å². The van der Waals surface area contributed by atoms with E-state index in [2.05, 4.69) is 10.1 Å². The molecule has 1 amide bonds. The molecule has 1 fully saturated rings. The zero-order valence-electron chi connectivity index (χ0n) is 13.5. The van der Waals surface area contributed by atoms with E-state index in [1.54, 1.807) is 7.11 Å². The number of methoxy groups -OCH3 is 1. The predicted octanol–water partition coefficient (Wildman–Crippen LogP) is 2.34. The van der Waals surface area contributed by atoms with Crippen molar-refractivity contribution in [1.29, 1.82) is 0 Å². The van der Waals surface area contributed by atoms with Crippen LogP contribution >= 0.6 is 0 Å². The van der Waals surface area contributed by atoms with Crippen molar-refractivity contribution in [3.05, 3.63) is 41.5 Å². The number of aryl methyl sites for hydroxylation is 1. The summed E-state index contributed by atoms with van der Waals surface area (Å²) in [7, 11) is 1.65. The van der Waals surface area contributed by atoms with E-state index in [0.717, 1.165) is 18.6 Å². The van der Waals surface area contributed by atoms with Gasteiger partial charge < -0.3 is 14.2 Å². The second-order valence-corrected chi connectivity index (χ2v) is 5.85. The number of benzene rings is 1. The smallest absolute Gasteiger partial charge is 0.231 e. The Morgan fingerprint density at radius 3 is 2.78 bits per heavy atom. The molecule has 3 rings (SSSR count). The van der Waals surface area contributed by atoms with Crippen LogP contribution < -0.4 is 4.74 Å². The summed E-state index contributed by atoms with van der Waals surface area (Å²) in [6.07, 6.45) is 2.14. The molecule has 0 N–H and O–H groups in total. The number of carbonyl (C=O) groups is 1. The monoisotopic (exact) mass is 315 g/mol. The van der Waals surface area contributed by atoms with E-state index in [-0.39, 0.29) is 11.8 Å². The maximum Gasteiger partial charge on any atom is 0.231 e. The van der Waals surface area contributed by atoms with Crippen LogP contribution in [0.15, 0.2) is 28.8 Å². The summed E-state index contributed by atoms with van der Waals surface area (Å²) >= 11 is 0. The molecule has 1 aliphatic heterocycles. The van der Waals surface area contributed by atoms with Crippen molar-refractivity contribution in [3.8, 4) is 5.75 Å². The average Bonchev–Trinajstić information content (AvgIpc) is 3.01. The number of aromatic nitrogens is 2. The van der Waals surface area contributed by atoms with E-state index in [9.17, 15) is 4.79 Å². The van der Waals surface area contributed by atoms with Crippen LogP contribution in [0.5, 0.6) is 5.75 Å². The first-order valence-electron chi connectivity index (χ1n) is 7.86. The lowest BCUT2D eigenvalue weighted by atomic mass is 9.97. The minimum Gasteiger partial charge on any atom is -0.497 e. The fourth-order valence-electron chi connectivity index (χ4n) is 2.87. The molecule has 0 aliphatic carbocycles. The second kappa shape index (κ2) is 6.81. The van der Waals surface area contributed by atoms with E-state index in [4.69, 9.17) is 9.26 Å². The molecule has 0 saturated carbocycles. The van der Waals surface area contributed by atoms with Crippen LogP contribution in [0, 0.1) is 6.92 Å². The number of hydrogen-bond acceptors (Lipinski definition) is 5. The van der Waals surface area contributed by atoms with Crippen LogP contribution in [0.2, 0.25) is 0 Å². The fraction of sp³-hybridized carbons (Fsp3) is 0.471. The van der Waals surface area contributed by atoms with Crippen molar-refractivity contribution >= 4 is 5.91 Å². The lowest BCUT2D eigenvalue weighted by Gasteiger charge is -2.31. The minimum absolute atomic E-state index is 0.143. The highest BCUT2D eigenvalue weighted by Crippen LogP contribution is 2.26. The van der Waals surface area contributed by atoms with Crippen molar-refractivity contribution in [1.82, 2.24) is 15.0 Å². The van der Waals surface area contributed by atoms with Gasteiger partial charge in [0.25, 0.3) is 0 Å². The van der Waals surface area contributed by atoms with Gasteiger partial charge in [-0.15, -0.1) is 0 Å². The number of likely N-dealkylation sites (tertiary alicyclic amines) is 1. The van der Waals surface area contributed by atoms with Gasteiger partial charge in [0.2, 0.25) is 11.8 Å². The number of nitrogens with zero attached hydrogens (tertiary/aromatic N) is 3. The van der Waals surface area contributed by atoms with Gasteiger partial charge in [0.15, 0.2) is 5.82 Å². The minimum atomic E-state index is 0.143. The first-order valence-corrected chi connectivity index (χ1v) is 7.86. The molecule has 1 saturated heterocycles. The maximum absolute atomic E-state index is 12.1. The summed E-state index contributed by atoms with van der Waals surface area (Å²) in [4.78, 5) is 18.3. The summed E-state index contributed by atoms with van der Waals surface area (Å²) in [5.41, 5.74) is 1.19. The van der Waals surface area contributed by atoms with Gasteiger partial charge in [0.05, 0.1) is 13.0 Å². The van der Waals surface area contributed by atoms with Gasteiger partial charge in [-0.1, -0.05) is 17.3 Å². The molecule has 2 heterocycles. The van der Waals surface area contributed by atoms with Gasteiger partial charge in [-0.25, -0.2) is 0 Å². The third-order valence-electron chi connectivity index (χ3n) is 4.22. The zero-order valence-corrected chi connectivity index (χ0v) is 13.5. The van der Waals surface area contributed by atoms with Gasteiger partial charge >= 0.3 is 0 Å². The van der Waals surface area contributed by atoms with E-state index < -0.39 is 0 Å². The number of ether oxygens (including phenoxy) is 1. The molecule has 1 aliphatic rings. The topological polar surface area (TPSA) is 68.5 Å². The lowest BCUT2D eigenvalue weighted by Crippen LogP contribution is -2.40. The Bertz CT molecular complexity index is 666. The maximum atomic E-state index is 12.1. The first kappa shape index (κ1) is 15.5. The van der Waals surface area contributed by atoms with Crippen LogP contribution in [-0.2, 0) is 11.2 Å². The number of hydrogen-bond donors (Lipinski definition) is 0. The molecule has 1 aromatic carbocycles. The van der Waals surface area contributed by atoms with Crippen LogP contribution in [0.1, 0.15) is 36.0 Å². The largest absolute Gasteiger partial charge is 0.497 e. The fourth-order valence-corrected chi connectivity index (χ4v) is 2.87. The second-order valence-electron chi connectivity index (χ2n) is 5.85. The Balaban J connectivity index is 1.60. The van der Waals surface area contributed by atoms with Gasteiger partial charge in [0, 0.05) is 19.5 Å². The summed E-state index contributed by atoms with van der Waals surface area (Å²) in [6, 6.07) is 7.95. The highest BCUT2D eigenvalue weighted by atomic mass is 16.5. The highest BCUT2D eigenvalue weighted by molar-refractivity contribution is 5.77. The molecule has 0 unspecified atom stereocenters. The van der Waals surface area contributed by atoms with Crippen molar-refractivity contribution in [2.75, 3.05) is 20.2 Å². The summed E-state index contributed by atoms with van der Waals surface area (Å²) in [6.45, 7) is 3.16. The third-order valence-corrected chi connectivity index (χ3v) is 4.22. The summed E-state index contributed by atoms with van der Waals surface area (Å²) < 4.78 is 10.4. The molecular weight excluding hydrogens is 294 g/mol. The van der Waals surface area contributed by atoms with E-state index in [0.29, 0.717) is 31.2 Å². The van der Waals surface area contributed by atoms with Crippen molar-refractivity contribution in [2.24, 2.45) is 0 Å². The molecule has 23 heavy (non-hydrogen) atoms. The van der Waals surface area contributed by atoms with Gasteiger partial charge in [-0.2, -0.15) is 4.98 Å². The molecule has 0 radical (unpaired) electrons. The number of amides is 1. The molecule has 2 aromatic rings. The quantitative estimate of drug-likeness (QED) is 0.847. The lowest BCUT2D eigenvalue weighted by molar-refractivity contribution is -0.133. The van der Waals surface area contributed by atoms with Crippen molar-refractivity contribution in [3.63, 3.8) is 0 Å². The Morgan fingerprint density at radius 2 is 2.13 bits per heavy atom. The summed E-state index contributed by atoms with van der Waals surface area (Å²) in [5.74, 6) is 2.47. The molecule has 6 heteroatoms. The molecule has 0 spiro atoms. The Hall–Kier alpha value is -2.37. The average molecular weight is 315 g/mol. The third kappa shape index (κ3) is 3.70. The number of rotatable bonds is 5. The summed E-state index contributed by atoms with van der Waals surface area (Å²) in [5, 5.41) is 3.84. The Kier molecular flexibility index (Phi) is 4.60. The molecule has 0 bridgehead atoms. The van der Waals surface area contributed by atoms with Crippen LogP contribution in [0.4, 0.5) is 0 Å². The van der Waals surface area contributed by atoms with Crippen LogP contribution in [0.25, 0.3) is 0 Å².